The van der Waals surface area contributed by atoms with Crippen molar-refractivity contribution in [1.29, 1.82) is 0 Å². The fraction of sp³-hybridized carbons (Fsp3) is 0.556. The van der Waals surface area contributed by atoms with Crippen molar-refractivity contribution < 1.29 is 22.7 Å². The van der Waals surface area contributed by atoms with Crippen molar-refractivity contribution in [3.05, 3.63) is 24.3 Å². The van der Waals surface area contributed by atoms with Crippen molar-refractivity contribution >= 4 is 33.0 Å². The normalized spacial score (nSPS) is 21.7. The summed E-state index contributed by atoms with van der Waals surface area (Å²) in [7, 11) is -1.60. The molecule has 1 atom stereocenters. The van der Waals surface area contributed by atoms with Crippen molar-refractivity contribution in [1.82, 2.24) is 4.90 Å². The molecular weight excluding hydrogens is 370 g/mol. The summed E-state index contributed by atoms with van der Waals surface area (Å²) in [5.41, 5.74) is 1.73. The number of hydrogen-bond acceptors (Lipinski definition) is 6. The Hall–Kier alpha value is -2.13. The second-order valence-corrected chi connectivity index (χ2v) is 9.22. The van der Waals surface area contributed by atoms with Gasteiger partial charge in [-0.25, -0.2) is 8.42 Å². The first-order chi connectivity index (χ1) is 12.8. The van der Waals surface area contributed by atoms with E-state index < -0.39 is 15.8 Å². The molecule has 0 radical (unpaired) electrons. The zero-order valence-electron chi connectivity index (χ0n) is 15.4. The topological polar surface area (TPSA) is 96.0 Å². The molecule has 0 aliphatic carbocycles. The lowest BCUT2D eigenvalue weighted by Crippen LogP contribution is -2.39. The van der Waals surface area contributed by atoms with Gasteiger partial charge in [0.15, 0.2) is 9.84 Å². The average molecular weight is 395 g/mol. The molecule has 9 heteroatoms. The fourth-order valence-corrected chi connectivity index (χ4v) is 5.11. The molecule has 1 N–H and O–H groups in total. The van der Waals surface area contributed by atoms with Gasteiger partial charge in [0.2, 0.25) is 11.8 Å². The highest BCUT2D eigenvalue weighted by molar-refractivity contribution is 7.91. The largest absolute Gasteiger partial charge is 0.378 e. The Morgan fingerprint density at radius 3 is 2.48 bits per heavy atom. The molecule has 0 aromatic heterocycles. The number of carbonyl (C=O) groups is 2. The van der Waals surface area contributed by atoms with E-state index in [2.05, 4.69) is 10.2 Å². The lowest BCUT2D eigenvalue weighted by atomic mass is 10.1. The van der Waals surface area contributed by atoms with Crippen LogP contribution in [-0.4, -0.2) is 76.5 Å². The van der Waals surface area contributed by atoms with Crippen molar-refractivity contribution in [3.8, 4) is 0 Å². The number of likely N-dealkylation sites (N-methyl/N-ethyl adjacent to an activating group) is 1. The first kappa shape index (κ1) is 19.6. The number of nitrogens with zero attached hydrogens (tertiary/aromatic N) is 2. The van der Waals surface area contributed by atoms with Crippen LogP contribution in [0.5, 0.6) is 0 Å². The minimum absolute atomic E-state index is 0.0406. The summed E-state index contributed by atoms with van der Waals surface area (Å²) in [6.07, 6.45) is 0.329. The summed E-state index contributed by atoms with van der Waals surface area (Å²) in [6, 6.07) is 7.54. The Labute approximate surface area is 159 Å². The molecule has 2 aliphatic rings. The average Bonchev–Trinajstić information content (AvgIpc) is 3.02. The number of carbonyl (C=O) groups excluding carboxylic acids is 2. The molecule has 1 aromatic carbocycles. The van der Waals surface area contributed by atoms with E-state index in [4.69, 9.17) is 4.74 Å². The number of nitrogens with one attached hydrogen (secondary N) is 1. The van der Waals surface area contributed by atoms with Crippen LogP contribution in [0.2, 0.25) is 0 Å². The smallest absolute Gasteiger partial charge is 0.243 e. The molecule has 2 fully saturated rings. The molecule has 1 aromatic rings. The van der Waals surface area contributed by atoms with Gasteiger partial charge in [0, 0.05) is 31.5 Å². The van der Waals surface area contributed by atoms with E-state index in [0.29, 0.717) is 25.3 Å². The van der Waals surface area contributed by atoms with Crippen LogP contribution in [0, 0.1) is 5.92 Å². The third-order valence-electron chi connectivity index (χ3n) is 4.87. The SMILES string of the molecule is CN(CC(=O)Nc1ccc(N2CCOCC2)cc1)C(=O)C1CCS(=O)(=O)C1. The van der Waals surface area contributed by atoms with Gasteiger partial charge < -0.3 is 19.9 Å². The number of morpholine rings is 1. The number of rotatable bonds is 5. The predicted molar refractivity (Wildman–Crippen MR) is 103 cm³/mol. The second kappa shape index (κ2) is 8.26. The molecule has 2 saturated heterocycles. The van der Waals surface area contributed by atoms with Crippen LogP contribution in [0.1, 0.15) is 6.42 Å². The van der Waals surface area contributed by atoms with Crippen LogP contribution in [0.4, 0.5) is 11.4 Å². The highest BCUT2D eigenvalue weighted by atomic mass is 32.2. The quantitative estimate of drug-likeness (QED) is 0.773. The summed E-state index contributed by atoms with van der Waals surface area (Å²) >= 11 is 0. The Balaban J connectivity index is 1.50. The van der Waals surface area contributed by atoms with Crippen LogP contribution in [0.25, 0.3) is 0 Å². The standard InChI is InChI=1S/C18H25N3O5S/c1-20(18(23)14-6-11-27(24,25)13-14)12-17(22)19-15-2-4-16(5-3-15)21-7-9-26-10-8-21/h2-5,14H,6-13H2,1H3,(H,19,22). The van der Waals surface area contributed by atoms with Crippen molar-refractivity contribution in [2.24, 2.45) is 5.92 Å². The van der Waals surface area contributed by atoms with Crippen LogP contribution < -0.4 is 10.2 Å². The molecular formula is C18H25N3O5S. The first-order valence-electron chi connectivity index (χ1n) is 9.02. The lowest BCUT2D eigenvalue weighted by Gasteiger charge is -2.29. The van der Waals surface area contributed by atoms with Crippen molar-refractivity contribution in [3.63, 3.8) is 0 Å². The number of benzene rings is 1. The molecule has 27 heavy (non-hydrogen) atoms. The van der Waals surface area contributed by atoms with E-state index in [-0.39, 0.29) is 29.9 Å². The van der Waals surface area contributed by atoms with Gasteiger partial charge in [0.05, 0.1) is 37.2 Å². The summed E-state index contributed by atoms with van der Waals surface area (Å²) in [5, 5.41) is 2.77. The van der Waals surface area contributed by atoms with E-state index in [9.17, 15) is 18.0 Å². The molecule has 2 aliphatic heterocycles. The van der Waals surface area contributed by atoms with E-state index in [1.807, 2.05) is 24.3 Å². The second-order valence-electron chi connectivity index (χ2n) is 6.99. The maximum Gasteiger partial charge on any atom is 0.243 e. The van der Waals surface area contributed by atoms with Gasteiger partial charge >= 0.3 is 0 Å². The number of amides is 2. The van der Waals surface area contributed by atoms with E-state index >= 15 is 0 Å². The molecule has 2 amide bonds. The van der Waals surface area contributed by atoms with Gasteiger partial charge in [-0.15, -0.1) is 0 Å². The van der Waals surface area contributed by atoms with Gasteiger partial charge in [-0.3, -0.25) is 9.59 Å². The fourth-order valence-electron chi connectivity index (χ4n) is 3.37. The van der Waals surface area contributed by atoms with Crippen molar-refractivity contribution in [2.75, 3.05) is 61.6 Å². The maximum atomic E-state index is 12.3. The summed E-state index contributed by atoms with van der Waals surface area (Å²) in [4.78, 5) is 28.0. The van der Waals surface area contributed by atoms with E-state index in [1.54, 1.807) is 0 Å². The van der Waals surface area contributed by atoms with E-state index in [0.717, 1.165) is 18.8 Å². The van der Waals surface area contributed by atoms with Crippen molar-refractivity contribution in [2.45, 2.75) is 6.42 Å². The van der Waals surface area contributed by atoms with Gasteiger partial charge in [0.1, 0.15) is 0 Å². The molecule has 1 unspecified atom stereocenters. The summed E-state index contributed by atoms with van der Waals surface area (Å²) < 4.78 is 28.4. The van der Waals surface area contributed by atoms with Gasteiger partial charge in [0.25, 0.3) is 0 Å². The highest BCUT2D eigenvalue weighted by Crippen LogP contribution is 2.21. The van der Waals surface area contributed by atoms with Crippen LogP contribution in [0.3, 0.4) is 0 Å². The highest BCUT2D eigenvalue weighted by Gasteiger charge is 2.34. The summed E-state index contributed by atoms with van der Waals surface area (Å²) in [6.45, 7) is 2.99. The molecule has 3 rings (SSSR count). The monoisotopic (exact) mass is 395 g/mol. The Kier molecular flexibility index (Phi) is 6.01. The van der Waals surface area contributed by atoms with Crippen LogP contribution in [0.15, 0.2) is 24.3 Å². The minimum atomic E-state index is -3.12. The van der Waals surface area contributed by atoms with Crippen LogP contribution >= 0.6 is 0 Å². The van der Waals surface area contributed by atoms with Gasteiger partial charge in [-0.1, -0.05) is 0 Å². The lowest BCUT2D eigenvalue weighted by molar-refractivity contribution is -0.136. The predicted octanol–water partition coefficient (Wildman–Crippen LogP) is 0.355. The summed E-state index contributed by atoms with van der Waals surface area (Å²) in [5.74, 6) is -1.24. The Bertz CT molecular complexity index is 788. The zero-order valence-corrected chi connectivity index (χ0v) is 16.2. The van der Waals surface area contributed by atoms with Crippen LogP contribution in [-0.2, 0) is 24.2 Å². The number of ether oxygens (including phenoxy) is 1. The third kappa shape index (κ3) is 5.20. The molecule has 0 bridgehead atoms. The zero-order chi connectivity index (χ0) is 19.4. The Morgan fingerprint density at radius 1 is 1.22 bits per heavy atom. The van der Waals surface area contributed by atoms with Gasteiger partial charge in [-0.05, 0) is 30.7 Å². The van der Waals surface area contributed by atoms with E-state index in [1.165, 1.54) is 11.9 Å². The van der Waals surface area contributed by atoms with Gasteiger partial charge in [-0.2, -0.15) is 0 Å². The Morgan fingerprint density at radius 2 is 1.89 bits per heavy atom. The molecule has 0 saturated carbocycles. The molecule has 148 valence electrons. The third-order valence-corrected chi connectivity index (χ3v) is 6.63. The maximum absolute atomic E-state index is 12.3. The number of hydrogen-bond donors (Lipinski definition) is 1. The number of anilines is 2. The first-order valence-corrected chi connectivity index (χ1v) is 10.8. The molecule has 8 nitrogen and oxygen atoms in total. The molecule has 2 heterocycles. The number of sulfone groups is 1. The molecule has 0 spiro atoms. The minimum Gasteiger partial charge on any atom is -0.378 e.